The molecule has 0 atom stereocenters. The monoisotopic (exact) mass is 195 g/mol. The number of carbonyl (C=O) groups is 1. The van der Waals surface area contributed by atoms with E-state index >= 15 is 0 Å². The molecule has 0 aliphatic heterocycles. The van der Waals surface area contributed by atoms with Crippen LogP contribution in [0.2, 0.25) is 5.15 Å². The molecule has 0 saturated carbocycles. The number of carbonyl (C=O) groups excluding carboxylic acids is 1. The SMILES string of the molecule is CC(=O)c1cccc2onc(Cl)c12. The van der Waals surface area contributed by atoms with Crippen molar-refractivity contribution in [1.29, 1.82) is 0 Å². The molecule has 2 aromatic rings. The normalized spacial score (nSPS) is 10.6. The van der Waals surface area contributed by atoms with Crippen LogP contribution in [0, 0.1) is 0 Å². The van der Waals surface area contributed by atoms with E-state index in [-0.39, 0.29) is 10.9 Å². The Kier molecular flexibility index (Phi) is 1.81. The molecule has 0 aliphatic rings. The highest BCUT2D eigenvalue weighted by atomic mass is 35.5. The van der Waals surface area contributed by atoms with Crippen LogP contribution >= 0.6 is 11.6 Å². The van der Waals surface area contributed by atoms with Crippen molar-refractivity contribution in [3.05, 3.63) is 28.9 Å². The minimum Gasteiger partial charge on any atom is -0.355 e. The smallest absolute Gasteiger partial charge is 0.180 e. The van der Waals surface area contributed by atoms with Crippen molar-refractivity contribution in [2.24, 2.45) is 0 Å². The molecule has 0 bridgehead atoms. The number of halogens is 1. The quantitative estimate of drug-likeness (QED) is 0.657. The van der Waals surface area contributed by atoms with Gasteiger partial charge in [0.2, 0.25) is 0 Å². The van der Waals surface area contributed by atoms with Gasteiger partial charge in [0.25, 0.3) is 0 Å². The number of Topliss-reactive ketones (excluding diaryl/α,β-unsaturated/α-hetero) is 1. The summed E-state index contributed by atoms with van der Waals surface area (Å²) in [5.41, 5.74) is 1.08. The van der Waals surface area contributed by atoms with Crippen LogP contribution in [0.1, 0.15) is 17.3 Å². The topological polar surface area (TPSA) is 43.1 Å². The first kappa shape index (κ1) is 8.26. The van der Waals surface area contributed by atoms with Gasteiger partial charge in [0, 0.05) is 5.56 Å². The fourth-order valence-electron chi connectivity index (χ4n) is 1.25. The third kappa shape index (κ3) is 1.21. The summed E-state index contributed by atoms with van der Waals surface area (Å²) in [6, 6.07) is 5.16. The second kappa shape index (κ2) is 2.85. The molecule has 2 rings (SSSR count). The average molecular weight is 196 g/mol. The number of hydrogen-bond donors (Lipinski definition) is 0. The lowest BCUT2D eigenvalue weighted by Gasteiger charge is -1.94. The molecule has 0 unspecified atom stereocenters. The number of nitrogens with zero attached hydrogens (tertiary/aromatic N) is 1. The van der Waals surface area contributed by atoms with E-state index in [4.69, 9.17) is 16.1 Å². The van der Waals surface area contributed by atoms with Gasteiger partial charge in [-0.05, 0) is 13.0 Å². The first-order valence-electron chi connectivity index (χ1n) is 3.75. The molecule has 66 valence electrons. The summed E-state index contributed by atoms with van der Waals surface area (Å²) in [7, 11) is 0. The maximum absolute atomic E-state index is 11.2. The lowest BCUT2D eigenvalue weighted by atomic mass is 10.1. The molecule has 0 radical (unpaired) electrons. The van der Waals surface area contributed by atoms with Crippen LogP contribution in [0.25, 0.3) is 11.0 Å². The van der Waals surface area contributed by atoms with Crippen molar-refractivity contribution in [3.8, 4) is 0 Å². The molecule has 0 aliphatic carbocycles. The zero-order valence-corrected chi connectivity index (χ0v) is 7.63. The molecule has 0 amide bonds. The third-order valence-electron chi connectivity index (χ3n) is 1.84. The van der Waals surface area contributed by atoms with Gasteiger partial charge in [-0.15, -0.1) is 0 Å². The predicted octanol–water partition coefficient (Wildman–Crippen LogP) is 2.68. The van der Waals surface area contributed by atoms with E-state index in [0.717, 1.165) is 0 Å². The van der Waals surface area contributed by atoms with Crippen molar-refractivity contribution in [1.82, 2.24) is 5.16 Å². The Labute approximate surface area is 79.3 Å². The third-order valence-corrected chi connectivity index (χ3v) is 2.09. The second-order valence-electron chi connectivity index (χ2n) is 2.71. The van der Waals surface area contributed by atoms with Crippen LogP contribution in [-0.2, 0) is 0 Å². The van der Waals surface area contributed by atoms with Crippen LogP contribution < -0.4 is 0 Å². The highest BCUT2D eigenvalue weighted by Crippen LogP contribution is 2.26. The van der Waals surface area contributed by atoms with Gasteiger partial charge in [-0.3, -0.25) is 4.79 Å². The van der Waals surface area contributed by atoms with E-state index in [0.29, 0.717) is 16.5 Å². The largest absolute Gasteiger partial charge is 0.355 e. The molecule has 3 nitrogen and oxygen atoms in total. The van der Waals surface area contributed by atoms with Crippen molar-refractivity contribution in [2.45, 2.75) is 6.92 Å². The van der Waals surface area contributed by atoms with E-state index in [1.54, 1.807) is 18.2 Å². The van der Waals surface area contributed by atoms with E-state index in [1.807, 2.05) is 0 Å². The number of benzene rings is 1. The minimum atomic E-state index is -0.0456. The highest BCUT2D eigenvalue weighted by Gasteiger charge is 2.12. The molecule has 0 saturated heterocycles. The Bertz CT molecular complexity index is 475. The van der Waals surface area contributed by atoms with Gasteiger partial charge in [0.1, 0.15) is 0 Å². The fraction of sp³-hybridized carbons (Fsp3) is 0.111. The van der Waals surface area contributed by atoms with Crippen LogP contribution in [0.15, 0.2) is 22.7 Å². The second-order valence-corrected chi connectivity index (χ2v) is 3.07. The maximum Gasteiger partial charge on any atom is 0.180 e. The molecule has 0 fully saturated rings. The summed E-state index contributed by atoms with van der Waals surface area (Å²) < 4.78 is 4.91. The minimum absolute atomic E-state index is 0.0456. The molecular formula is C9H6ClNO2. The molecule has 1 heterocycles. The Balaban J connectivity index is 2.88. The number of rotatable bonds is 1. The Morgan fingerprint density at radius 2 is 2.31 bits per heavy atom. The molecule has 4 heteroatoms. The summed E-state index contributed by atoms with van der Waals surface area (Å²) in [6.45, 7) is 1.48. The van der Waals surface area contributed by atoms with Crippen LogP contribution in [0.5, 0.6) is 0 Å². The number of hydrogen-bond acceptors (Lipinski definition) is 3. The summed E-state index contributed by atoms with van der Waals surface area (Å²) in [5, 5.41) is 4.41. The van der Waals surface area contributed by atoms with Gasteiger partial charge in [0.15, 0.2) is 16.5 Å². The average Bonchev–Trinajstić information content (AvgIpc) is 2.48. The Hall–Kier alpha value is -1.35. The van der Waals surface area contributed by atoms with Crippen LogP contribution in [-0.4, -0.2) is 10.9 Å². The highest BCUT2D eigenvalue weighted by molar-refractivity contribution is 6.35. The molecule has 1 aromatic carbocycles. The Morgan fingerprint density at radius 3 is 3.00 bits per heavy atom. The summed E-state index contributed by atoms with van der Waals surface area (Å²) in [5.74, 6) is -0.0456. The predicted molar refractivity (Wildman–Crippen MR) is 49.0 cm³/mol. The number of aromatic nitrogens is 1. The van der Waals surface area contributed by atoms with Crippen LogP contribution in [0.3, 0.4) is 0 Å². The van der Waals surface area contributed by atoms with E-state index in [9.17, 15) is 4.79 Å². The summed E-state index contributed by atoms with van der Waals surface area (Å²) in [4.78, 5) is 11.2. The van der Waals surface area contributed by atoms with E-state index in [2.05, 4.69) is 5.16 Å². The van der Waals surface area contributed by atoms with Crippen molar-refractivity contribution in [3.63, 3.8) is 0 Å². The summed E-state index contributed by atoms with van der Waals surface area (Å²) in [6.07, 6.45) is 0. The standard InChI is InChI=1S/C9H6ClNO2/c1-5(12)6-3-2-4-7-8(6)9(10)11-13-7/h2-4H,1H3. The Morgan fingerprint density at radius 1 is 1.54 bits per heavy atom. The van der Waals surface area contributed by atoms with Gasteiger partial charge in [-0.1, -0.05) is 28.9 Å². The van der Waals surface area contributed by atoms with Gasteiger partial charge >= 0.3 is 0 Å². The van der Waals surface area contributed by atoms with Gasteiger partial charge < -0.3 is 4.52 Å². The number of fused-ring (bicyclic) bond motifs is 1. The summed E-state index contributed by atoms with van der Waals surface area (Å²) >= 11 is 5.76. The zero-order chi connectivity index (χ0) is 9.42. The molecule has 0 spiro atoms. The van der Waals surface area contributed by atoms with Gasteiger partial charge in [0.05, 0.1) is 5.39 Å². The lowest BCUT2D eigenvalue weighted by molar-refractivity contribution is 0.101. The maximum atomic E-state index is 11.2. The number of ketones is 1. The van der Waals surface area contributed by atoms with Gasteiger partial charge in [-0.2, -0.15) is 0 Å². The zero-order valence-electron chi connectivity index (χ0n) is 6.87. The van der Waals surface area contributed by atoms with Crippen molar-refractivity contribution < 1.29 is 9.32 Å². The first-order valence-corrected chi connectivity index (χ1v) is 4.13. The molecular weight excluding hydrogens is 190 g/mol. The van der Waals surface area contributed by atoms with Crippen LogP contribution in [0.4, 0.5) is 0 Å². The first-order chi connectivity index (χ1) is 6.20. The molecule has 1 aromatic heterocycles. The molecule has 0 N–H and O–H groups in total. The van der Waals surface area contributed by atoms with Crippen molar-refractivity contribution in [2.75, 3.05) is 0 Å². The molecule has 13 heavy (non-hydrogen) atoms. The van der Waals surface area contributed by atoms with E-state index < -0.39 is 0 Å². The fourth-order valence-corrected chi connectivity index (χ4v) is 1.48. The lowest BCUT2D eigenvalue weighted by Crippen LogP contribution is -1.91. The van der Waals surface area contributed by atoms with E-state index in [1.165, 1.54) is 6.92 Å². The van der Waals surface area contributed by atoms with Crippen molar-refractivity contribution >= 4 is 28.4 Å². The van der Waals surface area contributed by atoms with Gasteiger partial charge in [-0.25, -0.2) is 0 Å².